The summed E-state index contributed by atoms with van der Waals surface area (Å²) >= 11 is 0. The molecule has 0 aliphatic heterocycles. The Morgan fingerprint density at radius 1 is 0.741 bits per heavy atom. The van der Waals surface area contributed by atoms with E-state index >= 15 is 0 Å². The van der Waals surface area contributed by atoms with Crippen LogP contribution in [0.5, 0.6) is 0 Å². The maximum Gasteiger partial charge on any atom is 0.323 e. The molecule has 3 aromatic carbocycles. The third kappa shape index (κ3) is 5.53. The SMILES string of the molecule is COC(=O)C(Cc1ccccc1)N(Cc1ccccc1)Cc1ccccc1. The van der Waals surface area contributed by atoms with Crippen molar-refractivity contribution in [1.29, 1.82) is 0 Å². The van der Waals surface area contributed by atoms with Gasteiger partial charge in [0.1, 0.15) is 6.04 Å². The van der Waals surface area contributed by atoms with Gasteiger partial charge in [-0.2, -0.15) is 0 Å². The van der Waals surface area contributed by atoms with E-state index in [1.165, 1.54) is 18.2 Å². The molecular weight excluding hydrogens is 334 g/mol. The van der Waals surface area contributed by atoms with Crippen molar-refractivity contribution in [3.8, 4) is 0 Å². The second kappa shape index (κ2) is 9.70. The molecule has 0 spiro atoms. The van der Waals surface area contributed by atoms with E-state index < -0.39 is 0 Å². The minimum atomic E-state index is -0.349. The molecule has 0 amide bonds. The van der Waals surface area contributed by atoms with Gasteiger partial charge < -0.3 is 4.74 Å². The van der Waals surface area contributed by atoms with Crippen molar-refractivity contribution < 1.29 is 9.53 Å². The first-order chi connectivity index (χ1) is 13.3. The van der Waals surface area contributed by atoms with E-state index in [0.717, 1.165) is 5.56 Å². The van der Waals surface area contributed by atoms with Crippen molar-refractivity contribution in [2.24, 2.45) is 0 Å². The van der Waals surface area contributed by atoms with Gasteiger partial charge in [0, 0.05) is 13.1 Å². The fourth-order valence-electron chi connectivity index (χ4n) is 3.25. The van der Waals surface area contributed by atoms with Gasteiger partial charge in [0.05, 0.1) is 7.11 Å². The number of carbonyl (C=O) groups excluding carboxylic acids is 1. The van der Waals surface area contributed by atoms with Crippen molar-refractivity contribution in [2.75, 3.05) is 7.11 Å². The molecule has 1 unspecified atom stereocenters. The van der Waals surface area contributed by atoms with E-state index in [1.54, 1.807) is 0 Å². The van der Waals surface area contributed by atoms with E-state index in [0.29, 0.717) is 19.5 Å². The summed E-state index contributed by atoms with van der Waals surface area (Å²) < 4.78 is 5.16. The lowest BCUT2D eigenvalue weighted by Gasteiger charge is -2.30. The van der Waals surface area contributed by atoms with Gasteiger partial charge in [0.25, 0.3) is 0 Å². The highest BCUT2D eigenvalue weighted by atomic mass is 16.5. The number of ether oxygens (including phenoxy) is 1. The summed E-state index contributed by atoms with van der Waals surface area (Å²) in [5.74, 6) is -0.203. The van der Waals surface area contributed by atoms with Crippen molar-refractivity contribution in [3.05, 3.63) is 108 Å². The molecule has 138 valence electrons. The van der Waals surface area contributed by atoms with Gasteiger partial charge in [-0.25, -0.2) is 0 Å². The average Bonchev–Trinajstić information content (AvgIpc) is 2.73. The Labute approximate surface area is 161 Å². The van der Waals surface area contributed by atoms with Crippen LogP contribution in [0.15, 0.2) is 91.0 Å². The van der Waals surface area contributed by atoms with Crippen LogP contribution in [0.1, 0.15) is 16.7 Å². The molecule has 0 heterocycles. The zero-order valence-corrected chi connectivity index (χ0v) is 15.6. The Morgan fingerprint density at radius 3 is 1.56 bits per heavy atom. The zero-order chi connectivity index (χ0) is 18.9. The zero-order valence-electron chi connectivity index (χ0n) is 15.6. The molecule has 0 N–H and O–H groups in total. The topological polar surface area (TPSA) is 29.5 Å². The molecular formula is C24H25NO2. The molecule has 0 saturated heterocycles. The molecule has 3 heteroatoms. The molecule has 3 aromatic rings. The third-order valence-corrected chi connectivity index (χ3v) is 4.64. The lowest BCUT2D eigenvalue weighted by Crippen LogP contribution is -2.42. The monoisotopic (exact) mass is 359 g/mol. The van der Waals surface area contributed by atoms with Gasteiger partial charge in [-0.3, -0.25) is 9.69 Å². The van der Waals surface area contributed by atoms with Crippen LogP contribution in [0.25, 0.3) is 0 Å². The van der Waals surface area contributed by atoms with Gasteiger partial charge in [0.15, 0.2) is 0 Å². The van der Waals surface area contributed by atoms with Crippen molar-refractivity contribution in [3.63, 3.8) is 0 Å². The smallest absolute Gasteiger partial charge is 0.323 e. The first-order valence-electron chi connectivity index (χ1n) is 9.20. The lowest BCUT2D eigenvalue weighted by atomic mass is 10.0. The minimum Gasteiger partial charge on any atom is -0.468 e. The van der Waals surface area contributed by atoms with Crippen molar-refractivity contribution in [2.45, 2.75) is 25.6 Å². The molecule has 0 fully saturated rings. The van der Waals surface area contributed by atoms with E-state index in [1.807, 2.05) is 54.6 Å². The fourth-order valence-corrected chi connectivity index (χ4v) is 3.25. The maximum atomic E-state index is 12.7. The Kier molecular flexibility index (Phi) is 6.78. The normalized spacial score (nSPS) is 11.9. The third-order valence-electron chi connectivity index (χ3n) is 4.64. The van der Waals surface area contributed by atoms with Gasteiger partial charge in [-0.15, -0.1) is 0 Å². The number of methoxy groups -OCH3 is 1. The standard InChI is InChI=1S/C24H25NO2/c1-27-24(26)23(17-20-11-5-2-6-12-20)25(18-21-13-7-3-8-14-21)19-22-15-9-4-10-16-22/h2-16,23H,17-19H2,1H3. The number of nitrogens with zero attached hydrogens (tertiary/aromatic N) is 1. The molecule has 0 radical (unpaired) electrons. The highest BCUT2D eigenvalue weighted by Crippen LogP contribution is 2.18. The summed E-state index contributed by atoms with van der Waals surface area (Å²) in [6.07, 6.45) is 0.618. The molecule has 0 saturated carbocycles. The van der Waals surface area contributed by atoms with Crippen LogP contribution in [0, 0.1) is 0 Å². The number of hydrogen-bond donors (Lipinski definition) is 0. The van der Waals surface area contributed by atoms with Gasteiger partial charge in [-0.05, 0) is 23.1 Å². The van der Waals surface area contributed by atoms with Crippen LogP contribution in [0.4, 0.5) is 0 Å². The van der Waals surface area contributed by atoms with E-state index in [4.69, 9.17) is 4.74 Å². The summed E-state index contributed by atoms with van der Waals surface area (Å²) in [5, 5.41) is 0. The number of esters is 1. The minimum absolute atomic E-state index is 0.203. The number of hydrogen-bond acceptors (Lipinski definition) is 3. The van der Waals surface area contributed by atoms with Gasteiger partial charge in [0.2, 0.25) is 0 Å². The number of rotatable bonds is 8. The predicted molar refractivity (Wildman–Crippen MR) is 108 cm³/mol. The van der Waals surface area contributed by atoms with E-state index in [-0.39, 0.29) is 12.0 Å². The Hall–Kier alpha value is -2.91. The van der Waals surface area contributed by atoms with Crippen LogP contribution in [0.3, 0.4) is 0 Å². The molecule has 0 aliphatic rings. The molecule has 3 nitrogen and oxygen atoms in total. The molecule has 0 aromatic heterocycles. The first kappa shape index (κ1) is 18.9. The highest BCUT2D eigenvalue weighted by Gasteiger charge is 2.27. The second-order valence-electron chi connectivity index (χ2n) is 6.60. The van der Waals surface area contributed by atoms with Crippen LogP contribution in [-0.4, -0.2) is 24.0 Å². The highest BCUT2D eigenvalue weighted by molar-refractivity contribution is 5.76. The van der Waals surface area contributed by atoms with Gasteiger partial charge >= 0.3 is 5.97 Å². The number of benzene rings is 3. The Bertz CT molecular complexity index is 777. The van der Waals surface area contributed by atoms with Gasteiger partial charge in [-0.1, -0.05) is 91.0 Å². The molecule has 27 heavy (non-hydrogen) atoms. The van der Waals surface area contributed by atoms with Crippen LogP contribution >= 0.6 is 0 Å². The van der Waals surface area contributed by atoms with Crippen LogP contribution < -0.4 is 0 Å². The average molecular weight is 359 g/mol. The Balaban J connectivity index is 1.89. The maximum absolute atomic E-state index is 12.7. The van der Waals surface area contributed by atoms with E-state index in [2.05, 4.69) is 41.3 Å². The molecule has 3 rings (SSSR count). The van der Waals surface area contributed by atoms with E-state index in [9.17, 15) is 4.79 Å². The van der Waals surface area contributed by atoms with Crippen LogP contribution in [-0.2, 0) is 29.0 Å². The Morgan fingerprint density at radius 2 is 1.15 bits per heavy atom. The first-order valence-corrected chi connectivity index (χ1v) is 9.20. The molecule has 0 aliphatic carbocycles. The molecule has 0 bridgehead atoms. The molecule has 1 atom stereocenters. The fraction of sp³-hybridized carbons (Fsp3) is 0.208. The second-order valence-corrected chi connectivity index (χ2v) is 6.60. The quantitative estimate of drug-likeness (QED) is 0.556. The summed E-state index contributed by atoms with van der Waals surface area (Å²) in [7, 11) is 1.46. The predicted octanol–water partition coefficient (Wildman–Crippen LogP) is 4.47. The summed E-state index contributed by atoms with van der Waals surface area (Å²) in [6, 6.07) is 30.2. The van der Waals surface area contributed by atoms with Crippen LogP contribution in [0.2, 0.25) is 0 Å². The lowest BCUT2D eigenvalue weighted by molar-refractivity contribution is -0.147. The summed E-state index contributed by atoms with van der Waals surface area (Å²) in [5.41, 5.74) is 3.48. The number of carbonyl (C=O) groups is 1. The largest absolute Gasteiger partial charge is 0.468 e. The summed E-state index contributed by atoms with van der Waals surface area (Å²) in [6.45, 7) is 1.37. The van der Waals surface area contributed by atoms with Crippen molar-refractivity contribution in [1.82, 2.24) is 4.90 Å². The summed E-state index contributed by atoms with van der Waals surface area (Å²) in [4.78, 5) is 14.9. The van der Waals surface area contributed by atoms with Crippen molar-refractivity contribution >= 4 is 5.97 Å².